The van der Waals surface area contributed by atoms with E-state index in [9.17, 15) is 9.90 Å². The van der Waals surface area contributed by atoms with Crippen LogP contribution in [-0.2, 0) is 19.6 Å². The standard InChI is InChI=1S/C13H20O.C11H24O3Si/c1-5-10(2)11-6-8-12(9-7-11)13(3,4)14;1-6-10(2)11(12)14-8-7-9-15(4,5)13-3/h6-10,14H,5H2,1-4H3;10H,6-9H2,1-5H3. The summed E-state index contributed by atoms with van der Waals surface area (Å²) in [6.45, 7) is 16.8. The fourth-order valence-corrected chi connectivity index (χ4v) is 3.74. The number of carbonyl (C=O) groups excluding carboxylic acids is 1. The Labute approximate surface area is 180 Å². The lowest BCUT2D eigenvalue weighted by molar-refractivity contribution is -0.148. The number of benzene rings is 1. The average molecular weight is 425 g/mol. The molecule has 2 unspecified atom stereocenters. The van der Waals surface area contributed by atoms with Crippen molar-refractivity contribution in [2.75, 3.05) is 13.7 Å². The Morgan fingerprint density at radius 2 is 1.66 bits per heavy atom. The molecule has 0 saturated carbocycles. The van der Waals surface area contributed by atoms with Crippen LogP contribution in [0.25, 0.3) is 0 Å². The van der Waals surface area contributed by atoms with Crippen LogP contribution in [0.1, 0.15) is 77.8 Å². The van der Waals surface area contributed by atoms with Crippen LogP contribution in [0.4, 0.5) is 0 Å². The SMILES string of the molecule is CCC(C)C(=O)OCCC[Si](C)(C)OC.CCC(C)c1ccc(C(C)(C)O)cc1. The van der Waals surface area contributed by atoms with Gasteiger partial charge in [-0.05, 0) is 69.3 Å². The van der Waals surface area contributed by atoms with Crippen LogP contribution in [0.2, 0.25) is 19.1 Å². The predicted molar refractivity (Wildman–Crippen MR) is 125 cm³/mol. The van der Waals surface area contributed by atoms with Crippen LogP contribution in [0.15, 0.2) is 24.3 Å². The van der Waals surface area contributed by atoms with E-state index in [0.29, 0.717) is 12.5 Å². The van der Waals surface area contributed by atoms with Crippen molar-refractivity contribution >= 4 is 14.3 Å². The van der Waals surface area contributed by atoms with Crippen molar-refractivity contribution in [2.24, 2.45) is 5.92 Å². The quantitative estimate of drug-likeness (QED) is 0.274. The van der Waals surface area contributed by atoms with E-state index >= 15 is 0 Å². The van der Waals surface area contributed by atoms with Gasteiger partial charge >= 0.3 is 5.97 Å². The zero-order valence-electron chi connectivity index (χ0n) is 20.2. The molecule has 5 heteroatoms. The van der Waals surface area contributed by atoms with Crippen molar-refractivity contribution < 1.29 is 19.1 Å². The summed E-state index contributed by atoms with van der Waals surface area (Å²) in [5.74, 6) is 0.554. The van der Waals surface area contributed by atoms with E-state index in [-0.39, 0.29) is 11.9 Å². The summed E-state index contributed by atoms with van der Waals surface area (Å²) in [5, 5.41) is 9.78. The van der Waals surface area contributed by atoms with Gasteiger partial charge in [-0.15, -0.1) is 0 Å². The largest absolute Gasteiger partial charge is 0.465 e. The Hall–Kier alpha value is -1.17. The zero-order chi connectivity index (χ0) is 22.7. The summed E-state index contributed by atoms with van der Waals surface area (Å²) in [6, 6.07) is 9.29. The summed E-state index contributed by atoms with van der Waals surface area (Å²) in [5.41, 5.74) is 1.60. The van der Waals surface area contributed by atoms with Gasteiger partial charge in [-0.2, -0.15) is 0 Å². The first kappa shape index (κ1) is 27.8. The molecular weight excluding hydrogens is 380 g/mol. The second kappa shape index (κ2) is 13.2. The lowest BCUT2D eigenvalue weighted by Gasteiger charge is -2.19. The van der Waals surface area contributed by atoms with Crippen LogP contribution >= 0.6 is 0 Å². The maximum absolute atomic E-state index is 11.3. The summed E-state index contributed by atoms with van der Waals surface area (Å²) in [4.78, 5) is 11.3. The monoisotopic (exact) mass is 424 g/mol. The first-order valence-corrected chi connectivity index (χ1v) is 14.0. The fourth-order valence-electron chi connectivity index (χ4n) is 2.54. The third-order valence-corrected chi connectivity index (χ3v) is 8.20. The average Bonchev–Trinajstić information content (AvgIpc) is 2.69. The van der Waals surface area contributed by atoms with Crippen molar-refractivity contribution in [3.05, 3.63) is 35.4 Å². The molecule has 0 aromatic heterocycles. The fraction of sp³-hybridized carbons (Fsp3) is 0.708. The van der Waals surface area contributed by atoms with Gasteiger partial charge in [0.25, 0.3) is 0 Å². The van der Waals surface area contributed by atoms with Crippen LogP contribution in [-0.4, -0.2) is 33.1 Å². The minimum absolute atomic E-state index is 0.0256. The first-order chi connectivity index (χ1) is 13.4. The molecule has 0 saturated heterocycles. The van der Waals surface area contributed by atoms with Crippen molar-refractivity contribution in [2.45, 2.75) is 91.5 Å². The third kappa shape index (κ3) is 11.6. The molecule has 0 heterocycles. The van der Waals surface area contributed by atoms with Gasteiger partial charge in [0.05, 0.1) is 18.1 Å². The number of ether oxygens (including phenoxy) is 1. The smallest absolute Gasteiger partial charge is 0.308 e. The Morgan fingerprint density at radius 3 is 2.07 bits per heavy atom. The van der Waals surface area contributed by atoms with Crippen LogP contribution in [0.3, 0.4) is 0 Å². The second-order valence-corrected chi connectivity index (χ2v) is 13.5. The molecule has 0 spiro atoms. The first-order valence-electron chi connectivity index (χ1n) is 10.9. The molecule has 0 radical (unpaired) electrons. The van der Waals surface area contributed by atoms with E-state index in [2.05, 4.69) is 39.1 Å². The lowest BCUT2D eigenvalue weighted by atomic mass is 9.93. The minimum atomic E-state index is -1.48. The number of hydrogen-bond acceptors (Lipinski definition) is 4. The molecule has 0 aliphatic carbocycles. The van der Waals surface area contributed by atoms with Gasteiger partial charge in [-0.25, -0.2) is 0 Å². The molecule has 1 aromatic rings. The highest BCUT2D eigenvalue weighted by Crippen LogP contribution is 2.23. The molecule has 0 fully saturated rings. The van der Waals surface area contributed by atoms with Crippen LogP contribution < -0.4 is 0 Å². The Morgan fingerprint density at radius 1 is 1.10 bits per heavy atom. The summed E-state index contributed by atoms with van der Waals surface area (Å²) in [6.07, 6.45) is 2.91. The number of esters is 1. The molecule has 4 nitrogen and oxygen atoms in total. The summed E-state index contributed by atoms with van der Waals surface area (Å²) >= 11 is 0. The molecule has 0 aliphatic heterocycles. The normalized spacial score (nSPS) is 13.9. The van der Waals surface area contributed by atoms with Crippen molar-refractivity contribution in [1.82, 2.24) is 0 Å². The maximum atomic E-state index is 11.3. The molecule has 1 aromatic carbocycles. The van der Waals surface area contributed by atoms with Crippen LogP contribution in [0.5, 0.6) is 0 Å². The highest BCUT2D eigenvalue weighted by atomic mass is 28.4. The Kier molecular flexibility index (Phi) is 12.7. The Bertz CT molecular complexity index is 576. The van der Waals surface area contributed by atoms with Gasteiger partial charge in [0.2, 0.25) is 0 Å². The molecule has 168 valence electrons. The van der Waals surface area contributed by atoms with E-state index < -0.39 is 13.9 Å². The topological polar surface area (TPSA) is 55.8 Å². The van der Waals surface area contributed by atoms with Crippen LogP contribution in [0, 0.1) is 5.92 Å². The second-order valence-electron chi connectivity index (χ2n) is 9.03. The summed E-state index contributed by atoms with van der Waals surface area (Å²) < 4.78 is 10.6. The van der Waals surface area contributed by atoms with Gasteiger partial charge in [-0.3, -0.25) is 4.79 Å². The minimum Gasteiger partial charge on any atom is -0.465 e. The highest BCUT2D eigenvalue weighted by Gasteiger charge is 2.20. The van der Waals surface area contributed by atoms with Crippen molar-refractivity contribution in [1.29, 1.82) is 0 Å². The van der Waals surface area contributed by atoms with E-state index in [1.54, 1.807) is 7.11 Å². The van der Waals surface area contributed by atoms with Crippen molar-refractivity contribution in [3.8, 4) is 0 Å². The molecule has 0 bridgehead atoms. The molecule has 29 heavy (non-hydrogen) atoms. The van der Waals surface area contributed by atoms with Gasteiger partial charge in [0, 0.05) is 7.11 Å². The zero-order valence-corrected chi connectivity index (χ0v) is 21.2. The van der Waals surface area contributed by atoms with Gasteiger partial charge in [0.15, 0.2) is 8.32 Å². The van der Waals surface area contributed by atoms with Gasteiger partial charge in [-0.1, -0.05) is 52.0 Å². The number of carbonyl (C=O) groups is 1. The number of hydrogen-bond donors (Lipinski definition) is 1. The summed E-state index contributed by atoms with van der Waals surface area (Å²) in [7, 11) is 0.285. The molecule has 1 N–H and O–H groups in total. The lowest BCUT2D eigenvalue weighted by Crippen LogP contribution is -2.28. The third-order valence-electron chi connectivity index (χ3n) is 5.53. The molecule has 0 aliphatic rings. The molecule has 1 rings (SSSR count). The van der Waals surface area contributed by atoms with E-state index in [1.807, 2.05) is 39.8 Å². The van der Waals surface area contributed by atoms with Gasteiger partial charge in [0.1, 0.15) is 0 Å². The van der Waals surface area contributed by atoms with E-state index in [0.717, 1.165) is 30.9 Å². The number of aliphatic hydroxyl groups is 1. The van der Waals surface area contributed by atoms with E-state index in [1.165, 1.54) is 5.56 Å². The van der Waals surface area contributed by atoms with Crippen molar-refractivity contribution in [3.63, 3.8) is 0 Å². The maximum Gasteiger partial charge on any atom is 0.308 e. The van der Waals surface area contributed by atoms with E-state index in [4.69, 9.17) is 9.16 Å². The number of rotatable bonds is 10. The Balaban J connectivity index is 0.000000541. The highest BCUT2D eigenvalue weighted by molar-refractivity contribution is 6.71. The molecule has 0 amide bonds. The molecule has 2 atom stereocenters. The molecular formula is C24H44O4Si. The van der Waals surface area contributed by atoms with Gasteiger partial charge < -0.3 is 14.3 Å². The predicted octanol–water partition coefficient (Wildman–Crippen LogP) is 6.24.